The Bertz CT molecular complexity index is 796. The van der Waals surface area contributed by atoms with Crippen molar-refractivity contribution in [3.05, 3.63) is 52.0 Å². The van der Waals surface area contributed by atoms with Gasteiger partial charge in [0.05, 0.1) is 18.1 Å². The van der Waals surface area contributed by atoms with E-state index in [0.717, 1.165) is 22.3 Å². The van der Waals surface area contributed by atoms with Crippen LogP contribution in [0.5, 0.6) is 0 Å². The van der Waals surface area contributed by atoms with E-state index in [1.807, 2.05) is 30.3 Å². The zero-order chi connectivity index (χ0) is 20.6. The molecule has 29 heavy (non-hydrogen) atoms. The molecule has 11 heteroatoms. The van der Waals surface area contributed by atoms with Gasteiger partial charge in [-0.25, -0.2) is 9.98 Å². The maximum atomic E-state index is 12.6. The average Bonchev–Trinajstić information content (AvgIpc) is 3.13. The van der Waals surface area contributed by atoms with Crippen LogP contribution < -0.4 is 10.6 Å². The summed E-state index contributed by atoms with van der Waals surface area (Å²) in [5.41, 5.74) is 0.123. The summed E-state index contributed by atoms with van der Waals surface area (Å²) < 4.78 is 37.9. The maximum Gasteiger partial charge on any atom is 0.434 e. The molecule has 0 aliphatic heterocycles. The molecule has 160 valence electrons. The van der Waals surface area contributed by atoms with Crippen molar-refractivity contribution in [3.8, 4) is 0 Å². The highest BCUT2D eigenvalue weighted by Crippen LogP contribution is 2.29. The fraction of sp³-hybridized carbons (Fsp3) is 0.389. The minimum Gasteiger partial charge on any atom is -0.356 e. The molecule has 2 aromatic rings. The van der Waals surface area contributed by atoms with Crippen molar-refractivity contribution < 1.29 is 18.0 Å². The molecular formula is C18H23F3IN5OS. The summed E-state index contributed by atoms with van der Waals surface area (Å²) in [6.45, 7) is 0.798. The monoisotopic (exact) mass is 541 g/mol. The number of amides is 1. The lowest BCUT2D eigenvalue weighted by Gasteiger charge is -2.14. The third kappa shape index (κ3) is 8.98. The van der Waals surface area contributed by atoms with Gasteiger partial charge < -0.3 is 15.5 Å². The molecule has 0 aliphatic carbocycles. The Hall–Kier alpha value is -1.89. The lowest BCUT2D eigenvalue weighted by Crippen LogP contribution is -2.43. The molecular weight excluding hydrogens is 518 g/mol. The van der Waals surface area contributed by atoms with Gasteiger partial charge in [-0.1, -0.05) is 30.3 Å². The van der Waals surface area contributed by atoms with Crippen molar-refractivity contribution >= 4 is 47.2 Å². The maximum absolute atomic E-state index is 12.6. The Kier molecular flexibility index (Phi) is 10.4. The van der Waals surface area contributed by atoms with Crippen molar-refractivity contribution in [3.63, 3.8) is 0 Å². The van der Waals surface area contributed by atoms with Crippen LogP contribution in [0.4, 0.5) is 13.2 Å². The third-order valence-electron chi connectivity index (χ3n) is 3.64. The molecule has 1 aromatic carbocycles. The lowest BCUT2D eigenvalue weighted by molar-refractivity contribution is -0.140. The van der Waals surface area contributed by atoms with E-state index in [2.05, 4.69) is 20.6 Å². The van der Waals surface area contributed by atoms with Gasteiger partial charge in [0.2, 0.25) is 5.91 Å². The number of nitrogens with zero attached hydrogens (tertiary/aromatic N) is 3. The van der Waals surface area contributed by atoms with Gasteiger partial charge in [-0.2, -0.15) is 13.2 Å². The first-order valence-electron chi connectivity index (χ1n) is 8.53. The molecule has 0 bridgehead atoms. The Morgan fingerprint density at radius 3 is 2.48 bits per heavy atom. The van der Waals surface area contributed by atoms with E-state index >= 15 is 0 Å². The molecule has 6 nitrogen and oxygen atoms in total. The van der Waals surface area contributed by atoms with Gasteiger partial charge in [0.15, 0.2) is 11.7 Å². The minimum atomic E-state index is -4.43. The van der Waals surface area contributed by atoms with Gasteiger partial charge in [-0.05, 0) is 5.56 Å². The third-order valence-corrected chi connectivity index (χ3v) is 4.55. The number of aliphatic imine (C=N–C) groups is 1. The largest absolute Gasteiger partial charge is 0.434 e. The van der Waals surface area contributed by atoms with E-state index in [4.69, 9.17) is 0 Å². The molecule has 2 N–H and O–H groups in total. The van der Waals surface area contributed by atoms with Gasteiger partial charge >= 0.3 is 6.18 Å². The molecule has 2 rings (SSSR count). The smallest absolute Gasteiger partial charge is 0.356 e. The molecule has 0 fully saturated rings. The van der Waals surface area contributed by atoms with Gasteiger partial charge in [-0.3, -0.25) is 4.79 Å². The molecule has 0 spiro atoms. The van der Waals surface area contributed by atoms with Crippen LogP contribution in [0.3, 0.4) is 0 Å². The number of guanidine groups is 1. The first-order chi connectivity index (χ1) is 13.3. The number of likely N-dealkylation sites (N-methyl/N-ethyl adjacent to an activating group) is 1. The van der Waals surface area contributed by atoms with Crippen molar-refractivity contribution in [2.24, 2.45) is 4.99 Å². The van der Waals surface area contributed by atoms with Crippen molar-refractivity contribution in [1.29, 1.82) is 0 Å². The van der Waals surface area contributed by atoms with Crippen LogP contribution in [0.1, 0.15) is 16.3 Å². The first kappa shape index (κ1) is 25.1. The van der Waals surface area contributed by atoms with Crippen LogP contribution in [0.25, 0.3) is 0 Å². The number of alkyl halides is 3. The summed E-state index contributed by atoms with van der Waals surface area (Å²) in [5, 5.41) is 7.36. The zero-order valence-corrected chi connectivity index (χ0v) is 19.1. The van der Waals surface area contributed by atoms with Gasteiger partial charge in [0.1, 0.15) is 0 Å². The predicted octanol–water partition coefficient (Wildman–Crippen LogP) is 3.15. The Morgan fingerprint density at radius 2 is 1.90 bits per heavy atom. The Morgan fingerprint density at radius 1 is 1.21 bits per heavy atom. The highest BCUT2D eigenvalue weighted by molar-refractivity contribution is 14.0. The van der Waals surface area contributed by atoms with E-state index in [1.165, 1.54) is 4.90 Å². The second-order valence-corrected chi connectivity index (χ2v) is 7.04. The summed E-state index contributed by atoms with van der Waals surface area (Å²) in [7, 11) is 3.30. The molecule has 1 amide bonds. The number of nitrogens with one attached hydrogen (secondary N) is 2. The van der Waals surface area contributed by atoms with Crippen molar-refractivity contribution in [2.45, 2.75) is 19.1 Å². The zero-order valence-electron chi connectivity index (χ0n) is 16.0. The number of hydrogen-bond acceptors (Lipinski definition) is 4. The van der Waals surface area contributed by atoms with Gasteiger partial charge in [-0.15, -0.1) is 35.3 Å². The van der Waals surface area contributed by atoms with Crippen LogP contribution in [0.2, 0.25) is 0 Å². The van der Waals surface area contributed by atoms with E-state index in [0.29, 0.717) is 30.5 Å². The number of rotatable bonds is 7. The van der Waals surface area contributed by atoms with Crippen molar-refractivity contribution in [1.82, 2.24) is 20.5 Å². The second kappa shape index (κ2) is 12.0. The highest BCUT2D eigenvalue weighted by atomic mass is 127. The second-order valence-electron chi connectivity index (χ2n) is 6.09. The average molecular weight is 541 g/mol. The number of hydrogen-bond donors (Lipinski definition) is 2. The molecule has 0 atom stereocenters. The molecule has 1 aromatic heterocycles. The molecule has 0 unspecified atom stereocenters. The highest BCUT2D eigenvalue weighted by Gasteiger charge is 2.33. The summed E-state index contributed by atoms with van der Waals surface area (Å²) in [4.78, 5) is 21.3. The van der Waals surface area contributed by atoms with E-state index in [9.17, 15) is 18.0 Å². The van der Waals surface area contributed by atoms with E-state index in [-0.39, 0.29) is 36.4 Å². The fourth-order valence-electron chi connectivity index (χ4n) is 2.09. The fourth-order valence-corrected chi connectivity index (χ4v) is 2.89. The molecule has 0 saturated carbocycles. The number of aromatic nitrogens is 1. The van der Waals surface area contributed by atoms with Crippen molar-refractivity contribution in [2.75, 3.05) is 27.2 Å². The standard InChI is InChI=1S/C18H22F3N5OS.HI/c1-26(2)16(27)11-24-17(23-10-13-6-4-3-5-7-13)22-9-8-15-25-14(12-28-15)18(19,20)21;/h3-7,12H,8-11H2,1-2H3,(H2,22,23,24);1H. The summed E-state index contributed by atoms with van der Waals surface area (Å²) in [5.74, 6) is 0.288. The normalized spacial score (nSPS) is 11.6. The predicted molar refractivity (Wildman–Crippen MR) is 119 cm³/mol. The summed E-state index contributed by atoms with van der Waals surface area (Å²) >= 11 is 0.968. The summed E-state index contributed by atoms with van der Waals surface area (Å²) in [6.07, 6.45) is -4.12. The molecule has 0 saturated heterocycles. The van der Waals surface area contributed by atoms with Crippen LogP contribution in [0.15, 0.2) is 40.7 Å². The van der Waals surface area contributed by atoms with E-state index in [1.54, 1.807) is 14.1 Å². The SMILES string of the molecule is CN(C)C(=O)CNC(=NCc1ccccc1)NCCc1nc(C(F)(F)F)cs1.I. The molecule has 0 aliphatic rings. The number of carbonyl (C=O) groups excluding carboxylic acids is 1. The Balaban J connectivity index is 0.00000420. The minimum absolute atomic E-state index is 0. The van der Waals surface area contributed by atoms with Gasteiger partial charge in [0.25, 0.3) is 0 Å². The molecule has 1 heterocycles. The number of benzene rings is 1. The molecule has 0 radical (unpaired) electrons. The quantitative estimate of drug-likeness (QED) is 0.321. The van der Waals surface area contributed by atoms with Crippen LogP contribution in [0, 0.1) is 0 Å². The number of halogens is 4. The number of thiazole rings is 1. The number of carbonyl (C=O) groups is 1. The topological polar surface area (TPSA) is 69.6 Å². The van der Waals surface area contributed by atoms with Crippen LogP contribution in [-0.4, -0.2) is 48.9 Å². The first-order valence-corrected chi connectivity index (χ1v) is 9.41. The summed E-state index contributed by atoms with van der Waals surface area (Å²) in [6, 6.07) is 9.58. The van der Waals surface area contributed by atoms with Crippen LogP contribution in [-0.2, 0) is 23.9 Å². The lowest BCUT2D eigenvalue weighted by atomic mass is 10.2. The van der Waals surface area contributed by atoms with Gasteiger partial charge in [0, 0.05) is 32.4 Å². The van der Waals surface area contributed by atoms with E-state index < -0.39 is 11.9 Å². The van der Waals surface area contributed by atoms with Crippen LogP contribution >= 0.6 is 35.3 Å². The Labute approximate surface area is 188 Å².